The molecule has 0 aromatic heterocycles. The molecule has 2 atom stereocenters. The minimum atomic E-state index is -4.42. The number of rotatable bonds is 9. The van der Waals surface area contributed by atoms with Crippen molar-refractivity contribution in [3.05, 3.63) is 35.9 Å². The van der Waals surface area contributed by atoms with Crippen LogP contribution in [0, 0.1) is 5.92 Å². The maximum absolute atomic E-state index is 11.5. The third-order valence-corrected chi connectivity index (χ3v) is 4.46. The molecule has 6 nitrogen and oxygen atoms in total. The molecule has 0 fully saturated rings. The normalized spacial score (nSPS) is 14.4. The molecule has 0 saturated heterocycles. The Morgan fingerprint density at radius 1 is 1.30 bits per heavy atom. The number of amides is 1. The number of hydrogen-bond acceptors (Lipinski definition) is 4. The second-order valence-corrected chi connectivity index (χ2v) is 7.18. The van der Waals surface area contributed by atoms with E-state index in [4.69, 9.17) is 10.1 Å². The SMILES string of the molecule is CN(O)C(=O)CC(CCCCc1ccccc1)CP(=O)([O-])O.[Na+]. The first-order valence-electron chi connectivity index (χ1n) is 7.30. The molecule has 1 rings (SSSR count). The summed E-state index contributed by atoms with van der Waals surface area (Å²) >= 11 is 0. The zero-order valence-electron chi connectivity index (χ0n) is 13.7. The second-order valence-electron chi connectivity index (χ2n) is 5.54. The van der Waals surface area contributed by atoms with Gasteiger partial charge in [-0.05, 0) is 30.7 Å². The molecule has 0 spiro atoms. The minimum Gasteiger partial charge on any atom is -0.779 e. The van der Waals surface area contributed by atoms with E-state index < -0.39 is 25.6 Å². The molecule has 0 saturated carbocycles. The van der Waals surface area contributed by atoms with Crippen molar-refractivity contribution >= 4 is 13.5 Å². The van der Waals surface area contributed by atoms with E-state index in [2.05, 4.69) is 0 Å². The predicted octanol–water partition coefficient (Wildman–Crippen LogP) is -1.20. The average Bonchev–Trinajstić information content (AvgIpc) is 2.42. The van der Waals surface area contributed by atoms with Crippen LogP contribution in [0.15, 0.2) is 30.3 Å². The van der Waals surface area contributed by atoms with Crippen LogP contribution in [0.2, 0.25) is 0 Å². The molecule has 1 amide bonds. The fourth-order valence-corrected chi connectivity index (χ4v) is 3.33. The largest absolute Gasteiger partial charge is 1.00 e. The zero-order valence-corrected chi connectivity index (χ0v) is 16.6. The Bertz CT molecular complexity index is 506. The first kappa shape index (κ1) is 22.8. The second kappa shape index (κ2) is 11.4. The van der Waals surface area contributed by atoms with Crippen LogP contribution in [0.3, 0.4) is 0 Å². The number of aryl methyl sites for hydroxylation is 1. The van der Waals surface area contributed by atoms with Gasteiger partial charge in [-0.1, -0.05) is 36.8 Å². The van der Waals surface area contributed by atoms with Crippen LogP contribution in [-0.2, 0) is 15.8 Å². The molecular formula is C15H23NNaO5P. The number of unbranched alkanes of at least 4 members (excludes halogenated alkanes) is 1. The van der Waals surface area contributed by atoms with E-state index in [1.807, 2.05) is 30.3 Å². The third kappa shape index (κ3) is 11.1. The zero-order chi connectivity index (χ0) is 16.6. The van der Waals surface area contributed by atoms with Gasteiger partial charge in [-0.25, -0.2) is 5.06 Å². The van der Waals surface area contributed by atoms with E-state index in [1.54, 1.807) is 0 Å². The molecule has 8 heteroatoms. The Labute approximate surface area is 159 Å². The maximum Gasteiger partial charge on any atom is 1.00 e. The summed E-state index contributed by atoms with van der Waals surface area (Å²) in [6.07, 6.45) is 2.50. The molecule has 0 heterocycles. The van der Waals surface area contributed by atoms with E-state index in [0.29, 0.717) is 11.5 Å². The van der Waals surface area contributed by atoms with Gasteiger partial charge in [-0.2, -0.15) is 0 Å². The summed E-state index contributed by atoms with van der Waals surface area (Å²) in [5, 5.41) is 9.51. The number of benzene rings is 1. The summed E-state index contributed by atoms with van der Waals surface area (Å²) in [6.45, 7) is 0. The smallest absolute Gasteiger partial charge is 0.779 e. The fourth-order valence-electron chi connectivity index (χ4n) is 2.37. The minimum absolute atomic E-state index is 0. The van der Waals surface area contributed by atoms with E-state index in [-0.39, 0.29) is 36.0 Å². The van der Waals surface area contributed by atoms with Crippen molar-refractivity contribution in [3.8, 4) is 0 Å². The number of hydroxylamine groups is 2. The standard InChI is InChI=1S/C15H24NO5P.Na/c1-16(18)15(17)11-14(12-22(19,20)21)10-6-5-9-13-7-3-2-4-8-13;/h2-4,7-8,14,18H,5-6,9-12H2,1H3,(H2,19,20,21);/q;+1/p-1. The van der Waals surface area contributed by atoms with Gasteiger partial charge in [0.15, 0.2) is 0 Å². The van der Waals surface area contributed by atoms with Gasteiger partial charge >= 0.3 is 29.6 Å². The molecule has 2 N–H and O–H groups in total. The van der Waals surface area contributed by atoms with Gasteiger partial charge in [0.2, 0.25) is 5.91 Å². The van der Waals surface area contributed by atoms with Crippen LogP contribution in [0.1, 0.15) is 31.2 Å². The van der Waals surface area contributed by atoms with Crippen LogP contribution in [-0.4, -0.2) is 34.3 Å². The van der Waals surface area contributed by atoms with Gasteiger partial charge in [0.1, 0.15) is 7.60 Å². The van der Waals surface area contributed by atoms with Gasteiger partial charge in [0.25, 0.3) is 0 Å². The number of carbonyl (C=O) groups is 1. The molecule has 0 aliphatic carbocycles. The summed E-state index contributed by atoms with van der Waals surface area (Å²) in [4.78, 5) is 31.5. The topological polar surface area (TPSA) is 101 Å². The van der Waals surface area contributed by atoms with Gasteiger partial charge in [-0.15, -0.1) is 0 Å². The Hall–Kier alpha value is -0.200. The molecule has 124 valence electrons. The van der Waals surface area contributed by atoms with Crippen molar-refractivity contribution in [2.45, 2.75) is 32.1 Å². The number of carbonyl (C=O) groups excluding carboxylic acids is 1. The van der Waals surface area contributed by atoms with E-state index in [0.717, 1.165) is 19.3 Å². The molecule has 1 aromatic carbocycles. The number of nitrogens with zero attached hydrogens (tertiary/aromatic N) is 1. The van der Waals surface area contributed by atoms with Crippen LogP contribution in [0.4, 0.5) is 0 Å². The summed E-state index contributed by atoms with van der Waals surface area (Å²) in [5.74, 6) is -1.03. The first-order chi connectivity index (χ1) is 10.3. The predicted molar refractivity (Wildman–Crippen MR) is 81.4 cm³/mol. The van der Waals surface area contributed by atoms with Crippen molar-refractivity contribution < 1.29 is 53.9 Å². The summed E-state index contributed by atoms with van der Waals surface area (Å²) < 4.78 is 11.0. The van der Waals surface area contributed by atoms with Gasteiger partial charge in [0, 0.05) is 19.6 Å². The summed E-state index contributed by atoms with van der Waals surface area (Å²) in [5.41, 5.74) is 1.21. The number of hydrogen-bond donors (Lipinski definition) is 2. The molecule has 0 bridgehead atoms. The van der Waals surface area contributed by atoms with Gasteiger partial charge in [-0.3, -0.25) is 10.0 Å². The molecule has 0 radical (unpaired) electrons. The van der Waals surface area contributed by atoms with E-state index in [1.165, 1.54) is 12.6 Å². The Kier molecular flexibility index (Phi) is 11.3. The van der Waals surface area contributed by atoms with E-state index >= 15 is 0 Å². The molecule has 2 unspecified atom stereocenters. The quantitative estimate of drug-likeness (QED) is 0.191. The van der Waals surface area contributed by atoms with Crippen molar-refractivity contribution in [3.63, 3.8) is 0 Å². The average molecular weight is 351 g/mol. The van der Waals surface area contributed by atoms with Crippen LogP contribution in [0.5, 0.6) is 0 Å². The first-order valence-corrected chi connectivity index (χ1v) is 9.06. The molecule has 0 aliphatic heterocycles. The van der Waals surface area contributed by atoms with Crippen molar-refractivity contribution in [1.82, 2.24) is 5.06 Å². The summed E-state index contributed by atoms with van der Waals surface area (Å²) in [6, 6.07) is 9.94. The Morgan fingerprint density at radius 3 is 2.43 bits per heavy atom. The molecule has 23 heavy (non-hydrogen) atoms. The Balaban J connectivity index is 0.00000484. The maximum atomic E-state index is 11.5. The van der Waals surface area contributed by atoms with Gasteiger partial charge in [0.05, 0.1) is 0 Å². The molecule has 0 aliphatic rings. The molecule has 1 aromatic rings. The van der Waals surface area contributed by atoms with Crippen LogP contribution in [0.25, 0.3) is 0 Å². The van der Waals surface area contributed by atoms with E-state index in [9.17, 15) is 14.3 Å². The molecular weight excluding hydrogens is 328 g/mol. The van der Waals surface area contributed by atoms with Crippen LogP contribution < -0.4 is 34.5 Å². The Morgan fingerprint density at radius 2 is 1.91 bits per heavy atom. The van der Waals surface area contributed by atoms with Gasteiger partial charge < -0.3 is 14.4 Å². The van der Waals surface area contributed by atoms with Crippen molar-refractivity contribution in [1.29, 1.82) is 0 Å². The van der Waals surface area contributed by atoms with Crippen molar-refractivity contribution in [2.75, 3.05) is 13.2 Å². The monoisotopic (exact) mass is 351 g/mol. The third-order valence-electron chi connectivity index (χ3n) is 3.48. The van der Waals surface area contributed by atoms with Crippen LogP contribution >= 0.6 is 7.60 Å². The summed E-state index contributed by atoms with van der Waals surface area (Å²) in [7, 11) is -3.22. The fraction of sp³-hybridized carbons (Fsp3) is 0.533. The van der Waals surface area contributed by atoms with Crippen molar-refractivity contribution in [2.24, 2.45) is 5.92 Å².